The summed E-state index contributed by atoms with van der Waals surface area (Å²) in [5.41, 5.74) is 4.70. The molecule has 0 spiro atoms. The highest BCUT2D eigenvalue weighted by atomic mass is 31.2. The lowest BCUT2D eigenvalue weighted by Gasteiger charge is -2.30. The van der Waals surface area contributed by atoms with E-state index in [0.717, 1.165) is 23.9 Å². The SMILES string of the molecule is CCCCCCCCCCCCCO[P+](OCCCCCCCCCCCCC)(Oc1cc(C)ccc1C(C)(C)C)c1cc(C)ccc1C(C)(C)C. The van der Waals surface area contributed by atoms with Crippen LogP contribution in [0.3, 0.4) is 0 Å². The summed E-state index contributed by atoms with van der Waals surface area (Å²) < 4.78 is 21.7. The first-order valence-corrected chi connectivity index (χ1v) is 23.5. The van der Waals surface area contributed by atoms with Gasteiger partial charge in [0, 0.05) is 11.1 Å². The van der Waals surface area contributed by atoms with Gasteiger partial charge < -0.3 is 0 Å². The molecular weight excluding hydrogens is 655 g/mol. The summed E-state index contributed by atoms with van der Waals surface area (Å²) in [5, 5.41) is 1.12. The molecule has 2 aromatic carbocycles. The van der Waals surface area contributed by atoms with Gasteiger partial charge in [-0.05, 0) is 60.8 Å². The van der Waals surface area contributed by atoms with Crippen LogP contribution in [0.4, 0.5) is 0 Å². The minimum Gasteiger partial charge on any atom is -0.280 e. The molecule has 0 aromatic heterocycles. The van der Waals surface area contributed by atoms with Gasteiger partial charge in [-0.25, -0.2) is 0 Å². The predicted octanol–water partition coefficient (Wildman–Crippen LogP) is 16.0. The topological polar surface area (TPSA) is 27.7 Å². The number of benzene rings is 2. The Morgan fingerprint density at radius 2 is 0.788 bits per heavy atom. The Morgan fingerprint density at radius 3 is 1.17 bits per heavy atom. The van der Waals surface area contributed by atoms with E-state index in [1.54, 1.807) is 0 Å². The fraction of sp³-hybridized carbons (Fsp3) is 0.750. The van der Waals surface area contributed by atoms with E-state index in [2.05, 4.69) is 106 Å². The van der Waals surface area contributed by atoms with Gasteiger partial charge in [0.05, 0.1) is 13.2 Å². The zero-order valence-electron chi connectivity index (χ0n) is 36.1. The van der Waals surface area contributed by atoms with Crippen molar-refractivity contribution in [3.8, 4) is 5.75 Å². The van der Waals surface area contributed by atoms with Crippen LogP contribution in [0.1, 0.15) is 219 Å². The molecule has 52 heavy (non-hydrogen) atoms. The molecule has 0 aliphatic carbocycles. The molecule has 0 N–H and O–H groups in total. The monoisotopic (exact) mass is 740 g/mol. The van der Waals surface area contributed by atoms with Crippen molar-refractivity contribution in [2.24, 2.45) is 0 Å². The van der Waals surface area contributed by atoms with E-state index in [1.807, 2.05) is 0 Å². The first-order chi connectivity index (χ1) is 24.8. The molecule has 0 fully saturated rings. The zero-order valence-corrected chi connectivity index (χ0v) is 37.0. The Hall–Kier alpha value is -1.41. The lowest BCUT2D eigenvalue weighted by Crippen LogP contribution is -2.31. The summed E-state index contributed by atoms with van der Waals surface area (Å²) in [4.78, 5) is 0. The fourth-order valence-electron chi connectivity index (χ4n) is 7.14. The molecule has 0 heterocycles. The second-order valence-corrected chi connectivity index (χ2v) is 20.0. The highest BCUT2D eigenvalue weighted by Gasteiger charge is 2.53. The van der Waals surface area contributed by atoms with Crippen molar-refractivity contribution >= 4 is 13.2 Å². The van der Waals surface area contributed by atoms with Gasteiger partial charge in [0.2, 0.25) is 0 Å². The Bertz CT molecular complexity index is 1180. The van der Waals surface area contributed by atoms with E-state index in [4.69, 9.17) is 13.6 Å². The molecule has 2 rings (SSSR count). The van der Waals surface area contributed by atoms with Crippen molar-refractivity contribution in [1.29, 1.82) is 0 Å². The average Bonchev–Trinajstić information content (AvgIpc) is 3.08. The zero-order chi connectivity index (χ0) is 38.3. The quantitative estimate of drug-likeness (QED) is 0.0614. The molecule has 0 saturated heterocycles. The van der Waals surface area contributed by atoms with Gasteiger partial charge in [0.1, 0.15) is 0 Å². The van der Waals surface area contributed by atoms with E-state index < -0.39 is 7.94 Å². The third kappa shape index (κ3) is 18.3. The molecule has 0 saturated carbocycles. The molecule has 0 aliphatic rings. The summed E-state index contributed by atoms with van der Waals surface area (Å²) in [5.74, 6) is 0.903. The summed E-state index contributed by atoms with van der Waals surface area (Å²) in [6.07, 6.45) is 28.9. The summed E-state index contributed by atoms with van der Waals surface area (Å²) in [6, 6.07) is 13.5. The van der Waals surface area contributed by atoms with E-state index in [9.17, 15) is 0 Å². The molecule has 0 bridgehead atoms. The number of unbranched alkanes of at least 4 members (excludes halogenated alkanes) is 20. The van der Waals surface area contributed by atoms with Crippen LogP contribution in [-0.4, -0.2) is 13.2 Å². The maximum absolute atomic E-state index is 7.38. The predicted molar refractivity (Wildman–Crippen MR) is 232 cm³/mol. The van der Waals surface area contributed by atoms with Gasteiger partial charge in [-0.3, -0.25) is 4.52 Å². The fourth-order valence-corrected chi connectivity index (χ4v) is 9.91. The van der Waals surface area contributed by atoms with Crippen LogP contribution in [0, 0.1) is 13.8 Å². The third-order valence-electron chi connectivity index (χ3n) is 10.4. The average molecular weight is 740 g/mol. The van der Waals surface area contributed by atoms with Crippen molar-refractivity contribution in [3.63, 3.8) is 0 Å². The molecule has 2 aromatic rings. The number of hydrogen-bond donors (Lipinski definition) is 0. The molecule has 0 unspecified atom stereocenters. The molecule has 4 heteroatoms. The van der Waals surface area contributed by atoms with Crippen molar-refractivity contribution in [3.05, 3.63) is 58.7 Å². The third-order valence-corrected chi connectivity index (χ3v) is 12.9. The highest BCUT2D eigenvalue weighted by molar-refractivity contribution is 7.70. The van der Waals surface area contributed by atoms with Crippen molar-refractivity contribution in [2.75, 3.05) is 13.2 Å². The molecular formula is C48H84O3P+. The van der Waals surface area contributed by atoms with Gasteiger partial charge in [0.25, 0.3) is 0 Å². The lowest BCUT2D eigenvalue weighted by molar-refractivity contribution is 0.183. The van der Waals surface area contributed by atoms with Crippen LogP contribution in [0.15, 0.2) is 36.4 Å². The minimum atomic E-state index is -3.01. The van der Waals surface area contributed by atoms with E-state index in [0.29, 0.717) is 13.2 Å². The highest BCUT2D eigenvalue weighted by Crippen LogP contribution is 2.63. The first-order valence-electron chi connectivity index (χ1n) is 21.9. The Morgan fingerprint density at radius 1 is 0.442 bits per heavy atom. The second-order valence-electron chi connectivity index (χ2n) is 17.8. The van der Waals surface area contributed by atoms with Gasteiger partial charge in [-0.15, -0.1) is 0 Å². The maximum atomic E-state index is 7.38. The Kier molecular flexibility index (Phi) is 23.0. The normalized spacial score (nSPS) is 12.5. The molecule has 0 radical (unpaired) electrons. The molecule has 0 amide bonds. The van der Waals surface area contributed by atoms with E-state index in [-0.39, 0.29) is 10.8 Å². The summed E-state index contributed by atoms with van der Waals surface area (Å²) in [6.45, 7) is 24.0. The van der Waals surface area contributed by atoms with Crippen molar-refractivity contribution < 1.29 is 13.6 Å². The second kappa shape index (κ2) is 25.6. The molecule has 0 atom stereocenters. The number of aryl methyl sites for hydroxylation is 2. The van der Waals surface area contributed by atoms with Crippen LogP contribution in [0.25, 0.3) is 0 Å². The van der Waals surface area contributed by atoms with Crippen LogP contribution in [0.5, 0.6) is 5.75 Å². The first kappa shape index (κ1) is 46.7. The van der Waals surface area contributed by atoms with Gasteiger partial charge >= 0.3 is 7.94 Å². The minimum absolute atomic E-state index is 0.0792. The number of rotatable bonds is 29. The molecule has 298 valence electrons. The van der Waals surface area contributed by atoms with Crippen molar-refractivity contribution in [1.82, 2.24) is 0 Å². The summed E-state index contributed by atoms with van der Waals surface area (Å²) >= 11 is 0. The summed E-state index contributed by atoms with van der Waals surface area (Å²) in [7, 11) is -3.01. The standard InChI is InChI=1S/C48H84O3P/c1-11-13-15-17-19-21-23-25-27-29-31-37-49-52(46-40-42(4)34-36-44(46)48(8,9)10,51-45-39-41(3)33-35-43(45)47(5,6)7)50-38-32-30-28-26-24-22-20-18-16-14-12-2/h33-36,39-40H,11-32,37-38H2,1-10H3/q+1. The van der Waals surface area contributed by atoms with Gasteiger partial charge in [0.15, 0.2) is 11.1 Å². The lowest BCUT2D eigenvalue weighted by atomic mass is 9.86. The van der Waals surface area contributed by atoms with E-state index in [1.165, 1.54) is 151 Å². The van der Waals surface area contributed by atoms with Gasteiger partial charge in [-0.2, -0.15) is 9.05 Å². The van der Waals surface area contributed by atoms with Crippen molar-refractivity contribution in [2.45, 2.75) is 221 Å². The smallest absolute Gasteiger partial charge is 0.280 e. The van der Waals surface area contributed by atoms with Crippen LogP contribution in [-0.2, 0) is 19.9 Å². The Labute approximate surface area is 324 Å². The van der Waals surface area contributed by atoms with Crippen LogP contribution < -0.4 is 9.83 Å². The molecule has 3 nitrogen and oxygen atoms in total. The van der Waals surface area contributed by atoms with Crippen LogP contribution >= 0.6 is 7.94 Å². The largest absolute Gasteiger partial charge is 0.492 e. The molecule has 0 aliphatic heterocycles. The number of hydrogen-bond acceptors (Lipinski definition) is 3. The maximum Gasteiger partial charge on any atom is 0.492 e. The van der Waals surface area contributed by atoms with Gasteiger partial charge in [-0.1, -0.05) is 208 Å². The van der Waals surface area contributed by atoms with Crippen LogP contribution in [0.2, 0.25) is 0 Å². The van der Waals surface area contributed by atoms with E-state index >= 15 is 0 Å². The Balaban J connectivity index is 2.26.